The van der Waals surface area contributed by atoms with Gasteiger partial charge < -0.3 is 15.0 Å². The van der Waals surface area contributed by atoms with Crippen molar-refractivity contribution in [1.29, 1.82) is 0 Å². The number of carbonyl (C=O) groups is 1. The zero-order chi connectivity index (χ0) is 15.1. The second kappa shape index (κ2) is 8.25. The highest BCUT2D eigenvalue weighted by Crippen LogP contribution is 2.23. The van der Waals surface area contributed by atoms with Crippen molar-refractivity contribution in [1.82, 2.24) is 10.2 Å². The summed E-state index contributed by atoms with van der Waals surface area (Å²) in [6.07, 6.45) is 3.47. The molecule has 1 aliphatic heterocycles. The van der Waals surface area contributed by atoms with E-state index in [1.54, 1.807) is 6.07 Å². The summed E-state index contributed by atoms with van der Waals surface area (Å²) in [5.74, 6) is 0.901. The predicted octanol–water partition coefficient (Wildman–Crippen LogP) is 2.71. The van der Waals surface area contributed by atoms with E-state index in [0.29, 0.717) is 36.3 Å². The molecule has 0 aromatic heterocycles. The first-order valence-corrected chi connectivity index (χ1v) is 7.91. The zero-order valence-electron chi connectivity index (χ0n) is 12.5. The summed E-state index contributed by atoms with van der Waals surface area (Å²) in [5, 5.41) is 3.86. The molecule has 0 radical (unpaired) electrons. The second-order valence-electron chi connectivity index (χ2n) is 5.35. The number of benzene rings is 1. The molecule has 1 aromatic carbocycles. The van der Waals surface area contributed by atoms with E-state index in [-0.39, 0.29) is 5.91 Å². The van der Waals surface area contributed by atoms with Crippen LogP contribution in [-0.4, -0.2) is 43.6 Å². The SMILES string of the molecule is CN[C@@H]1CCCN(C(=O)CCCOc2ccccc2Cl)C1. The highest BCUT2D eigenvalue weighted by molar-refractivity contribution is 6.32. The molecular weight excluding hydrogens is 288 g/mol. The molecule has 0 unspecified atom stereocenters. The van der Waals surface area contributed by atoms with Crippen LogP contribution in [0.15, 0.2) is 24.3 Å². The Morgan fingerprint density at radius 1 is 1.48 bits per heavy atom. The number of nitrogens with one attached hydrogen (secondary N) is 1. The monoisotopic (exact) mass is 310 g/mol. The van der Waals surface area contributed by atoms with Gasteiger partial charge in [0.15, 0.2) is 0 Å². The summed E-state index contributed by atoms with van der Waals surface area (Å²) < 4.78 is 5.60. The van der Waals surface area contributed by atoms with Crippen LogP contribution in [0.5, 0.6) is 5.75 Å². The summed E-state index contributed by atoms with van der Waals surface area (Å²) in [6, 6.07) is 7.83. The number of likely N-dealkylation sites (tertiary alicyclic amines) is 1. The molecule has 0 saturated carbocycles. The quantitative estimate of drug-likeness (QED) is 0.821. The average Bonchev–Trinajstić information content (AvgIpc) is 2.53. The summed E-state index contributed by atoms with van der Waals surface area (Å²) >= 11 is 6.01. The molecule has 1 amide bonds. The van der Waals surface area contributed by atoms with Gasteiger partial charge in [0.2, 0.25) is 5.91 Å². The number of likely N-dealkylation sites (N-methyl/N-ethyl adjacent to an activating group) is 1. The molecular formula is C16H23ClN2O2. The third kappa shape index (κ3) is 4.90. The molecule has 1 atom stereocenters. The maximum atomic E-state index is 12.2. The van der Waals surface area contributed by atoms with Crippen LogP contribution in [0.25, 0.3) is 0 Å². The fraction of sp³-hybridized carbons (Fsp3) is 0.562. The van der Waals surface area contributed by atoms with Crippen LogP contribution in [0.4, 0.5) is 0 Å². The number of carbonyl (C=O) groups excluding carboxylic acids is 1. The number of ether oxygens (including phenoxy) is 1. The van der Waals surface area contributed by atoms with Gasteiger partial charge in [-0.15, -0.1) is 0 Å². The second-order valence-corrected chi connectivity index (χ2v) is 5.76. The number of hydrogen-bond acceptors (Lipinski definition) is 3. The first-order valence-electron chi connectivity index (χ1n) is 7.53. The van der Waals surface area contributed by atoms with Gasteiger partial charge in [-0.25, -0.2) is 0 Å². The van der Waals surface area contributed by atoms with Crippen molar-refractivity contribution >= 4 is 17.5 Å². The number of para-hydroxylation sites is 1. The summed E-state index contributed by atoms with van der Waals surface area (Å²) in [4.78, 5) is 14.1. The average molecular weight is 311 g/mol. The Morgan fingerprint density at radius 2 is 2.29 bits per heavy atom. The maximum Gasteiger partial charge on any atom is 0.222 e. The molecule has 2 rings (SSSR count). The van der Waals surface area contributed by atoms with Gasteiger partial charge in [-0.05, 0) is 38.4 Å². The number of halogens is 1. The minimum atomic E-state index is 0.220. The van der Waals surface area contributed by atoms with E-state index in [1.165, 1.54) is 0 Å². The molecule has 1 N–H and O–H groups in total. The number of nitrogens with zero attached hydrogens (tertiary/aromatic N) is 1. The van der Waals surface area contributed by atoms with Gasteiger partial charge in [0.1, 0.15) is 5.75 Å². The van der Waals surface area contributed by atoms with E-state index in [2.05, 4.69) is 5.32 Å². The molecule has 1 aromatic rings. The third-order valence-corrected chi connectivity index (χ3v) is 4.12. The number of hydrogen-bond donors (Lipinski definition) is 1. The van der Waals surface area contributed by atoms with Crippen molar-refractivity contribution in [3.63, 3.8) is 0 Å². The van der Waals surface area contributed by atoms with Gasteiger partial charge in [-0.1, -0.05) is 23.7 Å². The summed E-state index contributed by atoms with van der Waals surface area (Å²) in [7, 11) is 1.95. The van der Waals surface area contributed by atoms with Crippen molar-refractivity contribution in [2.24, 2.45) is 0 Å². The maximum absolute atomic E-state index is 12.2. The predicted molar refractivity (Wildman–Crippen MR) is 84.8 cm³/mol. The van der Waals surface area contributed by atoms with E-state index < -0.39 is 0 Å². The molecule has 0 bridgehead atoms. The van der Waals surface area contributed by atoms with Crippen LogP contribution >= 0.6 is 11.6 Å². The standard InChI is InChI=1S/C16H23ClN2O2/c1-18-13-6-4-10-19(12-13)16(20)9-5-11-21-15-8-3-2-7-14(15)17/h2-3,7-8,13,18H,4-6,9-12H2,1H3/t13-/m1/s1. The van der Waals surface area contributed by atoms with E-state index in [0.717, 1.165) is 25.9 Å². The molecule has 1 heterocycles. The van der Waals surface area contributed by atoms with Crippen molar-refractivity contribution in [3.05, 3.63) is 29.3 Å². The highest BCUT2D eigenvalue weighted by Gasteiger charge is 2.21. The van der Waals surface area contributed by atoms with Crippen LogP contribution in [0.2, 0.25) is 5.02 Å². The molecule has 1 aliphatic rings. The number of amides is 1. The molecule has 5 heteroatoms. The van der Waals surface area contributed by atoms with Gasteiger partial charge in [0.05, 0.1) is 11.6 Å². The Balaban J connectivity index is 1.68. The van der Waals surface area contributed by atoms with E-state index in [4.69, 9.17) is 16.3 Å². The van der Waals surface area contributed by atoms with Crippen molar-refractivity contribution in [3.8, 4) is 5.75 Å². The normalized spacial score (nSPS) is 18.6. The molecule has 116 valence electrons. The topological polar surface area (TPSA) is 41.6 Å². The van der Waals surface area contributed by atoms with Crippen LogP contribution in [0.3, 0.4) is 0 Å². The van der Waals surface area contributed by atoms with Crippen molar-refractivity contribution < 1.29 is 9.53 Å². The van der Waals surface area contributed by atoms with Crippen LogP contribution < -0.4 is 10.1 Å². The van der Waals surface area contributed by atoms with Gasteiger partial charge in [0, 0.05) is 25.6 Å². The first-order chi connectivity index (χ1) is 10.2. The van der Waals surface area contributed by atoms with Gasteiger partial charge in [0.25, 0.3) is 0 Å². The van der Waals surface area contributed by atoms with Gasteiger partial charge in [-0.2, -0.15) is 0 Å². The molecule has 4 nitrogen and oxygen atoms in total. The Kier molecular flexibility index (Phi) is 6.33. The lowest BCUT2D eigenvalue weighted by atomic mass is 10.1. The molecule has 0 spiro atoms. The van der Waals surface area contributed by atoms with Crippen LogP contribution in [-0.2, 0) is 4.79 Å². The zero-order valence-corrected chi connectivity index (χ0v) is 13.2. The molecule has 1 saturated heterocycles. The summed E-state index contributed by atoms with van der Waals surface area (Å²) in [6.45, 7) is 2.21. The molecule has 1 fully saturated rings. The lowest BCUT2D eigenvalue weighted by Crippen LogP contribution is -2.46. The highest BCUT2D eigenvalue weighted by atomic mass is 35.5. The van der Waals surface area contributed by atoms with Crippen LogP contribution in [0, 0.1) is 0 Å². The number of piperidine rings is 1. The fourth-order valence-corrected chi connectivity index (χ4v) is 2.76. The number of rotatable bonds is 6. The van der Waals surface area contributed by atoms with Crippen molar-refractivity contribution in [2.75, 3.05) is 26.7 Å². The Bertz CT molecular complexity index is 467. The lowest BCUT2D eigenvalue weighted by molar-refractivity contribution is -0.132. The van der Waals surface area contributed by atoms with E-state index >= 15 is 0 Å². The van der Waals surface area contributed by atoms with Crippen LogP contribution in [0.1, 0.15) is 25.7 Å². The minimum Gasteiger partial charge on any atom is -0.492 e. The van der Waals surface area contributed by atoms with Crippen molar-refractivity contribution in [2.45, 2.75) is 31.7 Å². The lowest BCUT2D eigenvalue weighted by Gasteiger charge is -2.32. The van der Waals surface area contributed by atoms with Gasteiger partial charge in [-0.3, -0.25) is 4.79 Å². The fourth-order valence-electron chi connectivity index (χ4n) is 2.56. The third-order valence-electron chi connectivity index (χ3n) is 3.81. The largest absolute Gasteiger partial charge is 0.492 e. The molecule has 0 aliphatic carbocycles. The Labute approximate surface area is 131 Å². The minimum absolute atomic E-state index is 0.220. The Hall–Kier alpha value is -1.26. The Morgan fingerprint density at radius 3 is 3.05 bits per heavy atom. The van der Waals surface area contributed by atoms with E-state index in [1.807, 2.05) is 30.1 Å². The smallest absolute Gasteiger partial charge is 0.222 e. The summed E-state index contributed by atoms with van der Waals surface area (Å²) in [5.41, 5.74) is 0. The first kappa shape index (κ1) is 16.1. The molecule has 21 heavy (non-hydrogen) atoms. The van der Waals surface area contributed by atoms with Gasteiger partial charge >= 0.3 is 0 Å². The van der Waals surface area contributed by atoms with E-state index in [9.17, 15) is 4.79 Å².